The molecule has 0 radical (unpaired) electrons. The van der Waals surface area contributed by atoms with Crippen molar-refractivity contribution in [2.75, 3.05) is 26.9 Å². The molecule has 0 saturated carbocycles. The maximum atomic E-state index is 11.9. The van der Waals surface area contributed by atoms with Crippen molar-refractivity contribution in [1.29, 1.82) is 0 Å². The van der Waals surface area contributed by atoms with Gasteiger partial charge in [0.05, 0.1) is 18.7 Å². The molecule has 1 heterocycles. The minimum Gasteiger partial charge on any atom is -0.394 e. The van der Waals surface area contributed by atoms with Gasteiger partial charge in [-0.2, -0.15) is 0 Å². The van der Waals surface area contributed by atoms with Crippen molar-refractivity contribution in [3.63, 3.8) is 0 Å². The maximum Gasteiger partial charge on any atom is 0.239 e. The van der Waals surface area contributed by atoms with Crippen LogP contribution in [0, 0.1) is 0 Å². The van der Waals surface area contributed by atoms with E-state index in [2.05, 4.69) is 0 Å². The Labute approximate surface area is 90.2 Å². The largest absolute Gasteiger partial charge is 0.394 e. The van der Waals surface area contributed by atoms with Gasteiger partial charge in [-0.25, -0.2) is 0 Å². The third-order valence-corrected chi connectivity index (χ3v) is 2.82. The molecule has 1 amide bonds. The molecule has 0 bridgehead atoms. The van der Waals surface area contributed by atoms with Crippen LogP contribution in [0.5, 0.6) is 0 Å². The van der Waals surface area contributed by atoms with Crippen LogP contribution in [0.4, 0.5) is 0 Å². The third kappa shape index (κ3) is 3.15. The number of methoxy groups -OCH3 is 1. The number of nitrogens with zero attached hydrogens (tertiary/aromatic N) is 1. The van der Waals surface area contributed by atoms with Gasteiger partial charge in [-0.1, -0.05) is 0 Å². The van der Waals surface area contributed by atoms with Crippen molar-refractivity contribution < 1.29 is 14.6 Å². The van der Waals surface area contributed by atoms with Crippen LogP contribution in [0.1, 0.15) is 19.3 Å². The van der Waals surface area contributed by atoms with E-state index in [1.165, 1.54) is 0 Å². The second-order valence-corrected chi connectivity index (χ2v) is 3.90. The van der Waals surface area contributed by atoms with Gasteiger partial charge in [0.25, 0.3) is 0 Å². The number of nitrogens with two attached hydrogens (primary N) is 1. The summed E-state index contributed by atoms with van der Waals surface area (Å²) >= 11 is 0. The fourth-order valence-electron chi connectivity index (χ4n) is 1.90. The number of carbonyl (C=O) groups excluding carboxylic acids is 1. The van der Waals surface area contributed by atoms with E-state index >= 15 is 0 Å². The van der Waals surface area contributed by atoms with Gasteiger partial charge in [0.1, 0.15) is 0 Å². The molecule has 1 saturated heterocycles. The molecule has 1 fully saturated rings. The Balaban J connectivity index is 2.44. The molecular weight excluding hydrogens is 196 g/mol. The number of carbonyl (C=O) groups is 1. The minimum absolute atomic E-state index is 0.0305. The zero-order valence-corrected chi connectivity index (χ0v) is 9.19. The number of aliphatic hydroxyl groups is 1. The Hall–Kier alpha value is -0.650. The predicted molar refractivity (Wildman–Crippen MR) is 56.3 cm³/mol. The molecule has 3 N–H and O–H groups in total. The smallest absolute Gasteiger partial charge is 0.239 e. The van der Waals surface area contributed by atoms with Crippen molar-refractivity contribution in [1.82, 2.24) is 4.90 Å². The molecule has 1 aliphatic rings. The molecule has 15 heavy (non-hydrogen) atoms. The van der Waals surface area contributed by atoms with Gasteiger partial charge in [-0.05, 0) is 19.3 Å². The molecule has 5 heteroatoms. The average molecular weight is 216 g/mol. The second-order valence-electron chi connectivity index (χ2n) is 3.90. The van der Waals surface area contributed by atoms with E-state index in [1.807, 2.05) is 0 Å². The lowest BCUT2D eigenvalue weighted by molar-refractivity contribution is -0.134. The molecule has 1 aliphatic heterocycles. The lowest BCUT2D eigenvalue weighted by atomic mass is 10.2. The summed E-state index contributed by atoms with van der Waals surface area (Å²) in [6.07, 6.45) is 2.36. The van der Waals surface area contributed by atoms with Gasteiger partial charge in [0, 0.05) is 20.3 Å². The van der Waals surface area contributed by atoms with Crippen LogP contribution >= 0.6 is 0 Å². The van der Waals surface area contributed by atoms with Crippen molar-refractivity contribution in [3.05, 3.63) is 0 Å². The van der Waals surface area contributed by atoms with Gasteiger partial charge in [0.2, 0.25) is 5.91 Å². The topological polar surface area (TPSA) is 75.8 Å². The summed E-state index contributed by atoms with van der Waals surface area (Å²) in [7, 11) is 1.59. The molecule has 0 aromatic rings. The average Bonchev–Trinajstić information content (AvgIpc) is 2.72. The van der Waals surface area contributed by atoms with Crippen molar-refractivity contribution >= 4 is 5.91 Å². The highest BCUT2D eigenvalue weighted by molar-refractivity contribution is 5.82. The molecule has 0 spiro atoms. The molecular formula is C10H20N2O3. The minimum atomic E-state index is -0.503. The number of amides is 1. The Morgan fingerprint density at radius 3 is 3.07 bits per heavy atom. The summed E-state index contributed by atoms with van der Waals surface area (Å²) in [6, 6.07) is -0.539. The summed E-state index contributed by atoms with van der Waals surface area (Å²) in [5.74, 6) is -0.0661. The summed E-state index contributed by atoms with van der Waals surface area (Å²) in [5, 5.41) is 9.08. The molecule has 5 nitrogen and oxygen atoms in total. The molecule has 2 unspecified atom stereocenters. The predicted octanol–water partition coefficient (Wildman–Crippen LogP) is -0.666. The highest BCUT2D eigenvalue weighted by atomic mass is 16.5. The number of hydrogen-bond acceptors (Lipinski definition) is 4. The highest BCUT2D eigenvalue weighted by Crippen LogP contribution is 2.17. The number of hydrogen-bond donors (Lipinski definition) is 2. The van der Waals surface area contributed by atoms with Gasteiger partial charge < -0.3 is 20.5 Å². The standard InChI is InChI=1S/C10H20N2O3/c1-15-6-4-9(11)10(14)12-5-2-3-8(12)7-13/h8-9,13H,2-7,11H2,1H3. The molecule has 0 aromatic heterocycles. The van der Waals surface area contributed by atoms with E-state index in [-0.39, 0.29) is 18.6 Å². The number of ether oxygens (including phenoxy) is 1. The van der Waals surface area contributed by atoms with E-state index in [0.717, 1.165) is 12.8 Å². The van der Waals surface area contributed by atoms with Crippen LogP contribution in [0.2, 0.25) is 0 Å². The van der Waals surface area contributed by atoms with Gasteiger partial charge in [0.15, 0.2) is 0 Å². The van der Waals surface area contributed by atoms with Gasteiger partial charge in [-0.3, -0.25) is 4.79 Å². The summed E-state index contributed by atoms with van der Waals surface area (Å²) in [5.41, 5.74) is 5.75. The van der Waals surface area contributed by atoms with Crippen LogP contribution in [0.15, 0.2) is 0 Å². The summed E-state index contributed by atoms with van der Waals surface area (Å²) in [6.45, 7) is 1.23. The number of rotatable bonds is 5. The number of aliphatic hydroxyl groups excluding tert-OH is 1. The highest BCUT2D eigenvalue weighted by Gasteiger charge is 2.30. The van der Waals surface area contributed by atoms with Gasteiger partial charge in [-0.15, -0.1) is 0 Å². The maximum absolute atomic E-state index is 11.9. The van der Waals surface area contributed by atoms with Crippen molar-refractivity contribution in [2.45, 2.75) is 31.3 Å². The van der Waals surface area contributed by atoms with E-state index in [4.69, 9.17) is 15.6 Å². The fourth-order valence-corrected chi connectivity index (χ4v) is 1.90. The van der Waals surface area contributed by atoms with Crippen LogP contribution in [0.25, 0.3) is 0 Å². The van der Waals surface area contributed by atoms with E-state index in [0.29, 0.717) is 19.6 Å². The SMILES string of the molecule is COCCC(N)C(=O)N1CCCC1CO. The summed E-state index contributed by atoms with van der Waals surface area (Å²) < 4.78 is 4.88. The lowest BCUT2D eigenvalue weighted by Crippen LogP contribution is -2.47. The van der Waals surface area contributed by atoms with Crippen LogP contribution < -0.4 is 5.73 Å². The van der Waals surface area contributed by atoms with E-state index < -0.39 is 6.04 Å². The molecule has 0 aromatic carbocycles. The first kappa shape index (κ1) is 12.4. The Morgan fingerprint density at radius 1 is 1.73 bits per heavy atom. The van der Waals surface area contributed by atoms with E-state index in [1.54, 1.807) is 12.0 Å². The van der Waals surface area contributed by atoms with Crippen LogP contribution in [-0.2, 0) is 9.53 Å². The van der Waals surface area contributed by atoms with Crippen LogP contribution in [0.3, 0.4) is 0 Å². The second kappa shape index (κ2) is 6.05. The fraction of sp³-hybridized carbons (Fsp3) is 0.900. The van der Waals surface area contributed by atoms with Crippen LogP contribution in [-0.4, -0.2) is 54.9 Å². The zero-order valence-electron chi connectivity index (χ0n) is 9.19. The first-order chi connectivity index (χ1) is 7.20. The van der Waals surface area contributed by atoms with E-state index in [9.17, 15) is 4.79 Å². The zero-order chi connectivity index (χ0) is 11.3. The number of likely N-dealkylation sites (tertiary alicyclic amines) is 1. The van der Waals surface area contributed by atoms with Crippen molar-refractivity contribution in [2.24, 2.45) is 5.73 Å². The Bertz CT molecular complexity index is 211. The normalized spacial score (nSPS) is 23.1. The summed E-state index contributed by atoms with van der Waals surface area (Å²) in [4.78, 5) is 13.5. The lowest BCUT2D eigenvalue weighted by Gasteiger charge is -2.25. The quantitative estimate of drug-likeness (QED) is 0.639. The van der Waals surface area contributed by atoms with Gasteiger partial charge >= 0.3 is 0 Å². The van der Waals surface area contributed by atoms with Crippen molar-refractivity contribution in [3.8, 4) is 0 Å². The first-order valence-electron chi connectivity index (χ1n) is 5.36. The molecule has 2 atom stereocenters. The third-order valence-electron chi connectivity index (χ3n) is 2.82. The molecule has 1 rings (SSSR count). The molecule has 88 valence electrons. The monoisotopic (exact) mass is 216 g/mol. The Kier molecular flexibility index (Phi) is 5.01. The first-order valence-corrected chi connectivity index (χ1v) is 5.36. The Morgan fingerprint density at radius 2 is 2.47 bits per heavy atom. The molecule has 0 aliphatic carbocycles.